The molecule has 1 rings (SSSR count). The summed E-state index contributed by atoms with van der Waals surface area (Å²) in [4.78, 5) is 22.8. The molecule has 0 saturated heterocycles. The van der Waals surface area contributed by atoms with Gasteiger partial charge in [-0.05, 0) is 19.4 Å². The molecule has 0 radical (unpaired) electrons. The van der Waals surface area contributed by atoms with Gasteiger partial charge in [0.05, 0.1) is 4.75 Å². The number of carbonyl (C=O) groups excluding carboxylic acids is 1. The Morgan fingerprint density at radius 2 is 1.89 bits per heavy atom. The van der Waals surface area contributed by atoms with Crippen LogP contribution in [0.25, 0.3) is 0 Å². The SMILES string of the molecule is CC(C)(S)C(=O)N[C@@H](Cc1ccccc1)C(=O)O. The van der Waals surface area contributed by atoms with Gasteiger partial charge in [0.15, 0.2) is 0 Å². The standard InChI is InChI=1S/C13H17NO3S/c1-13(2,18)12(17)14-10(11(15)16)8-9-6-4-3-5-7-9/h3-7,10,18H,8H2,1-2H3,(H,14,17)(H,15,16)/t10-/m0/s1. The van der Waals surface area contributed by atoms with Crippen LogP contribution in [-0.2, 0) is 16.0 Å². The molecule has 0 aliphatic carbocycles. The van der Waals surface area contributed by atoms with E-state index < -0.39 is 22.7 Å². The summed E-state index contributed by atoms with van der Waals surface area (Å²) in [5, 5.41) is 11.6. The van der Waals surface area contributed by atoms with E-state index in [4.69, 9.17) is 5.11 Å². The fourth-order valence-corrected chi connectivity index (χ4v) is 1.45. The van der Waals surface area contributed by atoms with Crippen molar-refractivity contribution in [2.45, 2.75) is 31.1 Å². The second-order valence-electron chi connectivity index (χ2n) is 4.61. The number of carboxylic acids is 1. The third-order valence-electron chi connectivity index (χ3n) is 2.44. The molecule has 0 bridgehead atoms. The molecule has 0 fully saturated rings. The lowest BCUT2D eigenvalue weighted by Gasteiger charge is -2.21. The molecule has 1 aromatic rings. The molecule has 0 spiro atoms. The molecule has 2 N–H and O–H groups in total. The van der Waals surface area contributed by atoms with E-state index in [0.29, 0.717) is 0 Å². The van der Waals surface area contributed by atoms with E-state index in [2.05, 4.69) is 17.9 Å². The molecule has 4 nitrogen and oxygen atoms in total. The maximum atomic E-state index is 11.7. The van der Waals surface area contributed by atoms with Gasteiger partial charge in [0.25, 0.3) is 0 Å². The zero-order valence-electron chi connectivity index (χ0n) is 10.4. The smallest absolute Gasteiger partial charge is 0.326 e. The minimum atomic E-state index is -1.05. The maximum Gasteiger partial charge on any atom is 0.326 e. The first-order valence-electron chi connectivity index (χ1n) is 5.61. The highest BCUT2D eigenvalue weighted by atomic mass is 32.1. The largest absolute Gasteiger partial charge is 0.480 e. The molecule has 0 unspecified atom stereocenters. The Hall–Kier alpha value is -1.49. The quantitative estimate of drug-likeness (QED) is 0.708. The molecule has 1 atom stereocenters. The lowest BCUT2D eigenvalue weighted by atomic mass is 10.0. The number of carboxylic acid groups (broad SMARTS) is 1. The van der Waals surface area contributed by atoms with E-state index in [1.54, 1.807) is 13.8 Å². The van der Waals surface area contributed by atoms with Gasteiger partial charge in [-0.1, -0.05) is 30.3 Å². The van der Waals surface area contributed by atoms with Gasteiger partial charge >= 0.3 is 5.97 Å². The summed E-state index contributed by atoms with van der Waals surface area (Å²) in [6, 6.07) is 8.24. The lowest BCUT2D eigenvalue weighted by Crippen LogP contribution is -2.48. The Kier molecular flexibility index (Phi) is 4.78. The number of carbonyl (C=O) groups is 2. The first-order chi connectivity index (χ1) is 8.30. The molecule has 5 heteroatoms. The Balaban J connectivity index is 2.73. The third-order valence-corrected chi connectivity index (χ3v) is 2.64. The molecule has 0 aromatic heterocycles. The van der Waals surface area contributed by atoms with E-state index in [0.717, 1.165) is 5.56 Å². The molecule has 18 heavy (non-hydrogen) atoms. The van der Waals surface area contributed by atoms with E-state index in [1.165, 1.54) is 0 Å². The van der Waals surface area contributed by atoms with Crippen molar-refractivity contribution in [3.05, 3.63) is 35.9 Å². The zero-order chi connectivity index (χ0) is 13.8. The van der Waals surface area contributed by atoms with Gasteiger partial charge in [0.1, 0.15) is 6.04 Å². The molecule has 0 aliphatic heterocycles. The summed E-state index contributed by atoms with van der Waals surface area (Å²) in [5.74, 6) is -1.45. The molecule has 98 valence electrons. The fraction of sp³-hybridized carbons (Fsp3) is 0.385. The second kappa shape index (κ2) is 5.91. The summed E-state index contributed by atoms with van der Waals surface area (Å²) < 4.78 is -0.898. The summed E-state index contributed by atoms with van der Waals surface area (Å²) in [7, 11) is 0. The Morgan fingerprint density at radius 3 is 2.33 bits per heavy atom. The van der Waals surface area contributed by atoms with Crippen LogP contribution in [0.3, 0.4) is 0 Å². The van der Waals surface area contributed by atoms with Crippen molar-refractivity contribution in [2.24, 2.45) is 0 Å². The van der Waals surface area contributed by atoms with Gasteiger partial charge in [-0.25, -0.2) is 4.79 Å². The first-order valence-corrected chi connectivity index (χ1v) is 6.05. The van der Waals surface area contributed by atoms with Crippen LogP contribution in [0.15, 0.2) is 30.3 Å². The number of amides is 1. The first kappa shape index (κ1) is 14.6. The maximum absolute atomic E-state index is 11.7. The van der Waals surface area contributed by atoms with Crippen LogP contribution in [0.4, 0.5) is 0 Å². The summed E-state index contributed by atoms with van der Waals surface area (Å²) in [6.07, 6.45) is 0.256. The molecule has 1 amide bonds. The van der Waals surface area contributed by atoms with Crippen LogP contribution in [0.2, 0.25) is 0 Å². The average Bonchev–Trinajstić information content (AvgIpc) is 2.28. The number of rotatable bonds is 5. The lowest BCUT2D eigenvalue weighted by molar-refractivity contribution is -0.142. The van der Waals surface area contributed by atoms with Crippen molar-refractivity contribution in [2.75, 3.05) is 0 Å². The summed E-state index contributed by atoms with van der Waals surface area (Å²) in [5.41, 5.74) is 0.863. The number of hydrogen-bond donors (Lipinski definition) is 3. The number of nitrogens with one attached hydrogen (secondary N) is 1. The number of aliphatic carboxylic acids is 1. The predicted octanol–water partition coefficient (Wildman–Crippen LogP) is 1.51. The van der Waals surface area contributed by atoms with Crippen LogP contribution in [0.1, 0.15) is 19.4 Å². The summed E-state index contributed by atoms with van der Waals surface area (Å²) in [6.45, 7) is 3.24. The minimum absolute atomic E-state index is 0.256. The molecular weight excluding hydrogens is 250 g/mol. The highest BCUT2D eigenvalue weighted by Gasteiger charge is 2.28. The Bertz CT molecular complexity index is 426. The topological polar surface area (TPSA) is 66.4 Å². The van der Waals surface area contributed by atoms with Crippen LogP contribution in [0.5, 0.6) is 0 Å². The van der Waals surface area contributed by atoms with E-state index >= 15 is 0 Å². The number of benzene rings is 1. The summed E-state index contributed by atoms with van der Waals surface area (Å²) >= 11 is 4.11. The van der Waals surface area contributed by atoms with Crippen molar-refractivity contribution in [3.8, 4) is 0 Å². The normalized spacial score (nSPS) is 12.8. The van der Waals surface area contributed by atoms with Crippen molar-refractivity contribution in [1.29, 1.82) is 0 Å². The van der Waals surface area contributed by atoms with Crippen LogP contribution >= 0.6 is 12.6 Å². The zero-order valence-corrected chi connectivity index (χ0v) is 11.3. The Labute approximate surface area is 112 Å². The van der Waals surface area contributed by atoms with Crippen molar-refractivity contribution in [1.82, 2.24) is 5.32 Å². The van der Waals surface area contributed by atoms with Gasteiger partial charge in [0.2, 0.25) is 5.91 Å². The molecule has 0 heterocycles. The van der Waals surface area contributed by atoms with Gasteiger partial charge in [-0.3, -0.25) is 4.79 Å². The number of thiol groups is 1. The van der Waals surface area contributed by atoms with Gasteiger partial charge < -0.3 is 10.4 Å². The van der Waals surface area contributed by atoms with Gasteiger partial charge in [-0.2, -0.15) is 12.6 Å². The third kappa shape index (κ3) is 4.41. The molecule has 0 aliphatic rings. The average molecular weight is 267 g/mol. The van der Waals surface area contributed by atoms with Gasteiger partial charge in [0, 0.05) is 6.42 Å². The number of hydrogen-bond acceptors (Lipinski definition) is 3. The fourth-order valence-electron chi connectivity index (χ4n) is 1.38. The minimum Gasteiger partial charge on any atom is -0.480 e. The van der Waals surface area contributed by atoms with Crippen molar-refractivity contribution >= 4 is 24.5 Å². The Morgan fingerprint density at radius 1 is 1.33 bits per heavy atom. The van der Waals surface area contributed by atoms with Crippen LogP contribution in [0, 0.1) is 0 Å². The van der Waals surface area contributed by atoms with Gasteiger partial charge in [-0.15, -0.1) is 0 Å². The highest BCUT2D eigenvalue weighted by Crippen LogP contribution is 2.12. The van der Waals surface area contributed by atoms with Crippen LogP contribution in [-0.4, -0.2) is 27.8 Å². The molecular formula is C13H17NO3S. The van der Waals surface area contributed by atoms with E-state index in [9.17, 15) is 9.59 Å². The second-order valence-corrected chi connectivity index (χ2v) is 5.73. The highest BCUT2D eigenvalue weighted by molar-refractivity contribution is 7.82. The van der Waals surface area contributed by atoms with E-state index in [-0.39, 0.29) is 6.42 Å². The molecule has 0 saturated carbocycles. The van der Waals surface area contributed by atoms with Crippen LogP contribution < -0.4 is 5.32 Å². The van der Waals surface area contributed by atoms with Crippen molar-refractivity contribution in [3.63, 3.8) is 0 Å². The van der Waals surface area contributed by atoms with E-state index in [1.807, 2.05) is 30.3 Å². The monoisotopic (exact) mass is 267 g/mol. The molecule has 1 aromatic carbocycles. The van der Waals surface area contributed by atoms with Crippen molar-refractivity contribution < 1.29 is 14.7 Å². The predicted molar refractivity (Wildman–Crippen MR) is 72.8 cm³/mol.